The third-order valence-electron chi connectivity index (χ3n) is 4.98. The van der Waals surface area contributed by atoms with E-state index in [1.165, 1.54) is 29.5 Å². The first-order valence-corrected chi connectivity index (χ1v) is 8.00. The lowest BCUT2D eigenvalue weighted by molar-refractivity contribution is 0.287. The van der Waals surface area contributed by atoms with Crippen LogP contribution in [-0.4, -0.2) is 6.54 Å². The Morgan fingerprint density at radius 2 is 1.90 bits per heavy atom. The van der Waals surface area contributed by atoms with Crippen molar-refractivity contribution in [2.45, 2.75) is 24.8 Å². The molecule has 0 amide bonds. The first kappa shape index (κ1) is 13.2. The Kier molecular flexibility index (Phi) is 3.16. The molecule has 2 aromatic carbocycles. The van der Waals surface area contributed by atoms with Crippen LogP contribution in [0.2, 0.25) is 5.02 Å². The van der Waals surface area contributed by atoms with E-state index in [2.05, 4.69) is 29.6 Å². The zero-order valence-electron chi connectivity index (χ0n) is 11.9. The van der Waals surface area contributed by atoms with Crippen LogP contribution < -0.4 is 11.1 Å². The predicted octanol–water partition coefficient (Wildman–Crippen LogP) is 4.11. The van der Waals surface area contributed by atoms with E-state index in [9.17, 15) is 0 Å². The van der Waals surface area contributed by atoms with Gasteiger partial charge in [-0.3, -0.25) is 0 Å². The number of para-hydroxylation sites is 1. The molecule has 0 saturated carbocycles. The van der Waals surface area contributed by atoms with E-state index >= 15 is 0 Å². The molecule has 3 heteroatoms. The van der Waals surface area contributed by atoms with Crippen LogP contribution in [0.1, 0.15) is 41.5 Å². The normalized spacial score (nSPS) is 27.2. The van der Waals surface area contributed by atoms with Gasteiger partial charge in [0.25, 0.3) is 0 Å². The van der Waals surface area contributed by atoms with Gasteiger partial charge in [-0.15, -0.1) is 0 Å². The Hall–Kier alpha value is -1.51. The van der Waals surface area contributed by atoms with E-state index in [4.69, 9.17) is 17.3 Å². The minimum absolute atomic E-state index is 0.359. The van der Waals surface area contributed by atoms with Crippen LogP contribution >= 0.6 is 11.6 Å². The fourth-order valence-electron chi connectivity index (χ4n) is 4.13. The van der Waals surface area contributed by atoms with Crippen molar-refractivity contribution >= 4 is 17.3 Å². The molecule has 3 atom stereocenters. The number of nitrogens with one attached hydrogen (secondary N) is 1. The highest BCUT2D eigenvalue weighted by molar-refractivity contribution is 6.30. The Bertz CT molecular complexity index is 683. The maximum absolute atomic E-state index is 6.26. The first-order valence-electron chi connectivity index (χ1n) is 7.63. The summed E-state index contributed by atoms with van der Waals surface area (Å²) in [5.41, 5.74) is 11.2. The van der Waals surface area contributed by atoms with Gasteiger partial charge in [0.15, 0.2) is 0 Å². The van der Waals surface area contributed by atoms with E-state index in [1.54, 1.807) is 0 Å². The molecule has 0 spiro atoms. The highest BCUT2D eigenvalue weighted by Gasteiger charge is 2.42. The molecule has 1 heterocycles. The SMILES string of the molecule is Nc1ccccc1C1c2cc(Cl)ccc2C2NCCCC21. The van der Waals surface area contributed by atoms with Crippen molar-refractivity contribution in [2.24, 2.45) is 5.92 Å². The molecule has 3 unspecified atom stereocenters. The van der Waals surface area contributed by atoms with Gasteiger partial charge in [-0.2, -0.15) is 0 Å². The standard InChI is InChI=1S/C18H19ClN2/c19-11-7-8-12-15(10-11)17(13-4-1-2-6-16(13)20)14-5-3-9-21-18(12)14/h1-2,4,6-8,10,14,17-18,21H,3,5,9,20H2. The summed E-state index contributed by atoms with van der Waals surface area (Å²) in [5, 5.41) is 4.50. The lowest BCUT2D eigenvalue weighted by Gasteiger charge is -2.31. The van der Waals surface area contributed by atoms with Gasteiger partial charge in [-0.1, -0.05) is 35.9 Å². The van der Waals surface area contributed by atoms with Gasteiger partial charge in [0.2, 0.25) is 0 Å². The Morgan fingerprint density at radius 1 is 1.05 bits per heavy atom. The number of rotatable bonds is 1. The van der Waals surface area contributed by atoms with Gasteiger partial charge in [0.1, 0.15) is 0 Å². The monoisotopic (exact) mass is 298 g/mol. The maximum Gasteiger partial charge on any atom is 0.0409 e. The average Bonchev–Trinajstić information content (AvgIpc) is 2.81. The molecular weight excluding hydrogens is 280 g/mol. The summed E-state index contributed by atoms with van der Waals surface area (Å²) in [6, 6.07) is 15.0. The number of fused-ring (bicyclic) bond motifs is 3. The van der Waals surface area contributed by atoms with Gasteiger partial charge < -0.3 is 11.1 Å². The van der Waals surface area contributed by atoms with Crippen molar-refractivity contribution in [2.75, 3.05) is 12.3 Å². The number of piperidine rings is 1. The average molecular weight is 299 g/mol. The second kappa shape index (κ2) is 5.04. The minimum Gasteiger partial charge on any atom is -0.398 e. The third kappa shape index (κ3) is 2.05. The minimum atomic E-state index is 0.359. The maximum atomic E-state index is 6.26. The number of nitrogens with two attached hydrogens (primary N) is 1. The van der Waals surface area contributed by atoms with E-state index in [-0.39, 0.29) is 0 Å². The summed E-state index contributed by atoms with van der Waals surface area (Å²) in [5.74, 6) is 0.939. The van der Waals surface area contributed by atoms with Crippen LogP contribution in [0.3, 0.4) is 0 Å². The van der Waals surface area contributed by atoms with E-state index in [0.29, 0.717) is 17.9 Å². The van der Waals surface area contributed by atoms with Gasteiger partial charge in [0.05, 0.1) is 0 Å². The fourth-order valence-corrected chi connectivity index (χ4v) is 4.31. The molecule has 0 radical (unpaired) electrons. The van der Waals surface area contributed by atoms with Gasteiger partial charge in [-0.25, -0.2) is 0 Å². The molecule has 4 rings (SSSR count). The molecule has 1 aliphatic heterocycles. The van der Waals surface area contributed by atoms with Crippen LogP contribution in [0.15, 0.2) is 42.5 Å². The topological polar surface area (TPSA) is 38.0 Å². The lowest BCUT2D eigenvalue weighted by atomic mass is 9.80. The summed E-state index contributed by atoms with van der Waals surface area (Å²) < 4.78 is 0. The second-order valence-electron chi connectivity index (χ2n) is 6.12. The second-order valence-corrected chi connectivity index (χ2v) is 6.55. The molecule has 1 fully saturated rings. The molecule has 1 aliphatic carbocycles. The van der Waals surface area contributed by atoms with Crippen LogP contribution in [0, 0.1) is 5.92 Å². The number of halogens is 1. The van der Waals surface area contributed by atoms with Crippen molar-refractivity contribution in [3.8, 4) is 0 Å². The van der Waals surface area contributed by atoms with Crippen LogP contribution in [0.25, 0.3) is 0 Å². The van der Waals surface area contributed by atoms with Gasteiger partial charge in [-0.05, 0) is 60.2 Å². The Morgan fingerprint density at radius 3 is 2.76 bits per heavy atom. The number of anilines is 1. The number of hydrogen-bond acceptors (Lipinski definition) is 2. The van der Waals surface area contributed by atoms with Crippen LogP contribution in [0.4, 0.5) is 5.69 Å². The summed E-state index contributed by atoms with van der Waals surface area (Å²) in [7, 11) is 0. The highest BCUT2D eigenvalue weighted by atomic mass is 35.5. The van der Waals surface area contributed by atoms with E-state index < -0.39 is 0 Å². The predicted molar refractivity (Wildman–Crippen MR) is 87.6 cm³/mol. The van der Waals surface area contributed by atoms with E-state index in [1.807, 2.05) is 18.2 Å². The third-order valence-corrected chi connectivity index (χ3v) is 5.22. The number of nitrogen functional groups attached to an aromatic ring is 1. The molecule has 1 saturated heterocycles. The first-order chi connectivity index (χ1) is 10.3. The smallest absolute Gasteiger partial charge is 0.0409 e. The van der Waals surface area contributed by atoms with E-state index in [0.717, 1.165) is 17.3 Å². The highest BCUT2D eigenvalue weighted by Crippen LogP contribution is 2.53. The summed E-state index contributed by atoms with van der Waals surface area (Å²) >= 11 is 6.26. The Balaban J connectivity index is 1.89. The molecule has 2 nitrogen and oxygen atoms in total. The quantitative estimate of drug-likeness (QED) is 0.778. The van der Waals surface area contributed by atoms with Gasteiger partial charge in [0, 0.05) is 22.7 Å². The zero-order valence-corrected chi connectivity index (χ0v) is 12.6. The van der Waals surface area contributed by atoms with Crippen molar-refractivity contribution < 1.29 is 0 Å². The van der Waals surface area contributed by atoms with Crippen molar-refractivity contribution in [1.29, 1.82) is 0 Å². The largest absolute Gasteiger partial charge is 0.398 e. The van der Waals surface area contributed by atoms with Crippen molar-refractivity contribution in [1.82, 2.24) is 5.32 Å². The molecule has 0 bridgehead atoms. The zero-order chi connectivity index (χ0) is 14.4. The van der Waals surface area contributed by atoms with Crippen LogP contribution in [-0.2, 0) is 0 Å². The van der Waals surface area contributed by atoms with Gasteiger partial charge >= 0.3 is 0 Å². The molecule has 2 aliphatic rings. The summed E-state index contributed by atoms with van der Waals surface area (Å²) in [4.78, 5) is 0. The molecule has 21 heavy (non-hydrogen) atoms. The summed E-state index contributed by atoms with van der Waals surface area (Å²) in [6.07, 6.45) is 2.47. The molecule has 3 N–H and O–H groups in total. The lowest BCUT2D eigenvalue weighted by Crippen LogP contribution is -2.33. The molecule has 108 valence electrons. The molecule has 2 aromatic rings. The van der Waals surface area contributed by atoms with Crippen molar-refractivity contribution in [3.63, 3.8) is 0 Å². The fraction of sp³-hybridized carbons (Fsp3) is 0.333. The number of benzene rings is 2. The molecular formula is C18H19ClN2. The number of hydrogen-bond donors (Lipinski definition) is 2. The molecule has 0 aromatic heterocycles. The Labute approximate surface area is 130 Å². The van der Waals surface area contributed by atoms with Crippen molar-refractivity contribution in [3.05, 3.63) is 64.2 Å². The van der Waals surface area contributed by atoms with Crippen LogP contribution in [0.5, 0.6) is 0 Å². The summed E-state index contributed by atoms with van der Waals surface area (Å²) in [6.45, 7) is 1.10.